The van der Waals surface area contributed by atoms with E-state index in [1.54, 1.807) is 0 Å². The van der Waals surface area contributed by atoms with Crippen LogP contribution in [0.5, 0.6) is 0 Å². The minimum Gasteiger partial charge on any atom is -0.341 e. The van der Waals surface area contributed by atoms with Gasteiger partial charge in [0.15, 0.2) is 0 Å². The van der Waals surface area contributed by atoms with Gasteiger partial charge in [0.2, 0.25) is 5.91 Å². The van der Waals surface area contributed by atoms with Crippen molar-refractivity contribution in [1.82, 2.24) is 24.3 Å². The van der Waals surface area contributed by atoms with Crippen LogP contribution in [0.2, 0.25) is 0 Å². The molecule has 0 aromatic carbocycles. The van der Waals surface area contributed by atoms with Crippen LogP contribution < -0.4 is 0 Å². The Hall–Kier alpha value is -1.40. The van der Waals surface area contributed by atoms with E-state index in [9.17, 15) is 4.79 Å². The molecule has 0 N–H and O–H groups in total. The highest BCUT2D eigenvalue weighted by Gasteiger charge is 2.41. The van der Waals surface area contributed by atoms with E-state index in [4.69, 9.17) is 4.98 Å². The van der Waals surface area contributed by atoms with Gasteiger partial charge in [-0.05, 0) is 47.2 Å². The average molecular weight is 348 g/mol. The minimum absolute atomic E-state index is 0.197. The second kappa shape index (κ2) is 7.08. The van der Waals surface area contributed by atoms with Gasteiger partial charge in [0, 0.05) is 45.5 Å². The van der Waals surface area contributed by atoms with E-state index in [1.165, 1.54) is 5.69 Å². The number of amides is 1. The zero-order valence-corrected chi connectivity index (χ0v) is 16.5. The summed E-state index contributed by atoms with van der Waals surface area (Å²) in [5.41, 5.74) is 2.15. The Kier molecular flexibility index (Phi) is 5.21. The summed E-state index contributed by atoms with van der Waals surface area (Å²) in [7, 11) is 4.20. The van der Waals surface area contributed by atoms with Gasteiger partial charge >= 0.3 is 0 Å². The molecule has 140 valence electrons. The fourth-order valence-electron chi connectivity index (χ4n) is 4.21. The third-order valence-corrected chi connectivity index (χ3v) is 6.13. The molecule has 2 aliphatic heterocycles. The standard InChI is InChI=1S/C19H33N5O/c1-15-16(2)22(5)17(20-15)13-23-8-6-9-24(12-11-23)18(25)19(3)7-10-21(4)14-19/h6-14H2,1-5H3. The van der Waals surface area contributed by atoms with Crippen molar-refractivity contribution < 1.29 is 4.79 Å². The molecular weight excluding hydrogens is 314 g/mol. The highest BCUT2D eigenvalue weighted by Crippen LogP contribution is 2.31. The maximum atomic E-state index is 13.1. The molecule has 1 atom stereocenters. The van der Waals surface area contributed by atoms with E-state index in [0.29, 0.717) is 5.91 Å². The van der Waals surface area contributed by atoms with Crippen LogP contribution in [0.15, 0.2) is 0 Å². The molecule has 0 saturated carbocycles. The quantitative estimate of drug-likeness (QED) is 0.829. The van der Waals surface area contributed by atoms with Gasteiger partial charge in [-0.15, -0.1) is 0 Å². The number of likely N-dealkylation sites (tertiary alicyclic amines) is 1. The van der Waals surface area contributed by atoms with E-state index in [1.807, 2.05) is 0 Å². The summed E-state index contributed by atoms with van der Waals surface area (Å²) in [6, 6.07) is 0. The lowest BCUT2D eigenvalue weighted by atomic mass is 9.88. The van der Waals surface area contributed by atoms with Gasteiger partial charge in [-0.1, -0.05) is 0 Å². The van der Waals surface area contributed by atoms with Crippen molar-refractivity contribution in [2.45, 2.75) is 40.2 Å². The zero-order valence-electron chi connectivity index (χ0n) is 16.5. The average Bonchev–Trinajstić information content (AvgIpc) is 2.92. The second-order valence-corrected chi connectivity index (χ2v) is 8.23. The molecular formula is C19H33N5O. The zero-order chi connectivity index (χ0) is 18.2. The van der Waals surface area contributed by atoms with Crippen LogP contribution in [-0.2, 0) is 18.4 Å². The lowest BCUT2D eigenvalue weighted by Gasteiger charge is -2.31. The van der Waals surface area contributed by atoms with Crippen LogP contribution in [0.1, 0.15) is 37.0 Å². The fraction of sp³-hybridized carbons (Fsp3) is 0.789. The van der Waals surface area contributed by atoms with Crippen molar-refractivity contribution in [3.05, 3.63) is 17.2 Å². The molecule has 0 spiro atoms. The van der Waals surface area contributed by atoms with Crippen molar-refractivity contribution in [2.75, 3.05) is 46.3 Å². The summed E-state index contributed by atoms with van der Waals surface area (Å²) in [6.45, 7) is 12.8. The molecule has 1 unspecified atom stereocenters. The Morgan fingerprint density at radius 1 is 1.12 bits per heavy atom. The van der Waals surface area contributed by atoms with Crippen LogP contribution in [0, 0.1) is 19.3 Å². The lowest BCUT2D eigenvalue weighted by molar-refractivity contribution is -0.140. The molecule has 1 aromatic heterocycles. The second-order valence-electron chi connectivity index (χ2n) is 8.23. The van der Waals surface area contributed by atoms with E-state index in [0.717, 1.165) is 70.2 Å². The first-order valence-corrected chi connectivity index (χ1v) is 9.49. The third kappa shape index (κ3) is 3.75. The Morgan fingerprint density at radius 2 is 1.88 bits per heavy atom. The minimum atomic E-state index is -0.197. The molecule has 25 heavy (non-hydrogen) atoms. The number of hydrogen-bond donors (Lipinski definition) is 0. The maximum Gasteiger partial charge on any atom is 0.229 e. The van der Waals surface area contributed by atoms with Crippen molar-refractivity contribution >= 4 is 5.91 Å². The molecule has 6 nitrogen and oxygen atoms in total. The molecule has 0 radical (unpaired) electrons. The first kappa shape index (κ1) is 18.4. The van der Waals surface area contributed by atoms with Gasteiger partial charge < -0.3 is 14.4 Å². The predicted molar refractivity (Wildman–Crippen MR) is 99.4 cm³/mol. The van der Waals surface area contributed by atoms with Gasteiger partial charge in [0.05, 0.1) is 17.7 Å². The number of hydrogen-bond acceptors (Lipinski definition) is 4. The third-order valence-electron chi connectivity index (χ3n) is 6.13. The lowest BCUT2D eigenvalue weighted by Crippen LogP contribution is -2.45. The smallest absolute Gasteiger partial charge is 0.229 e. The molecule has 1 aromatic rings. The van der Waals surface area contributed by atoms with Gasteiger partial charge in [0.1, 0.15) is 5.82 Å². The van der Waals surface area contributed by atoms with Crippen LogP contribution in [-0.4, -0.2) is 76.5 Å². The molecule has 3 heterocycles. The Labute approximate surface area is 151 Å². The predicted octanol–water partition coefficient (Wildman–Crippen LogP) is 1.41. The Balaban J connectivity index is 1.60. The molecule has 1 amide bonds. The summed E-state index contributed by atoms with van der Waals surface area (Å²) in [6.07, 6.45) is 2.02. The number of aryl methyl sites for hydroxylation is 1. The first-order valence-electron chi connectivity index (χ1n) is 9.49. The van der Waals surface area contributed by atoms with Crippen LogP contribution >= 0.6 is 0 Å². The number of carbonyl (C=O) groups excluding carboxylic acids is 1. The van der Waals surface area contributed by atoms with Crippen LogP contribution in [0.3, 0.4) is 0 Å². The van der Waals surface area contributed by atoms with Crippen molar-refractivity contribution in [3.63, 3.8) is 0 Å². The largest absolute Gasteiger partial charge is 0.341 e. The van der Waals surface area contributed by atoms with Crippen molar-refractivity contribution in [2.24, 2.45) is 12.5 Å². The monoisotopic (exact) mass is 347 g/mol. The summed E-state index contributed by atoms with van der Waals surface area (Å²) in [4.78, 5) is 24.6. The Bertz CT molecular complexity index is 640. The van der Waals surface area contributed by atoms with Crippen LogP contribution in [0.4, 0.5) is 0 Å². The fourth-order valence-corrected chi connectivity index (χ4v) is 4.21. The number of rotatable bonds is 3. The summed E-state index contributed by atoms with van der Waals surface area (Å²) >= 11 is 0. The highest BCUT2D eigenvalue weighted by molar-refractivity contribution is 5.83. The first-order chi connectivity index (χ1) is 11.8. The van der Waals surface area contributed by atoms with Gasteiger partial charge in [-0.25, -0.2) is 4.98 Å². The van der Waals surface area contributed by atoms with E-state index in [2.05, 4.69) is 54.1 Å². The summed E-state index contributed by atoms with van der Waals surface area (Å²) in [5, 5.41) is 0. The van der Waals surface area contributed by atoms with Gasteiger partial charge in [0.25, 0.3) is 0 Å². The number of imidazole rings is 1. The molecule has 2 saturated heterocycles. The van der Waals surface area contributed by atoms with Crippen molar-refractivity contribution in [1.29, 1.82) is 0 Å². The van der Waals surface area contributed by atoms with E-state index < -0.39 is 0 Å². The normalized spacial score (nSPS) is 26.2. The maximum absolute atomic E-state index is 13.1. The highest BCUT2D eigenvalue weighted by atomic mass is 16.2. The number of aromatic nitrogens is 2. The molecule has 2 fully saturated rings. The van der Waals surface area contributed by atoms with Crippen LogP contribution in [0.25, 0.3) is 0 Å². The molecule has 6 heteroatoms. The summed E-state index contributed by atoms with van der Waals surface area (Å²) < 4.78 is 2.19. The SMILES string of the molecule is Cc1nc(CN2CCCN(C(=O)C3(C)CCN(C)C3)CC2)n(C)c1C. The molecule has 3 rings (SSSR count). The van der Waals surface area contributed by atoms with Gasteiger partial charge in [-0.2, -0.15) is 0 Å². The Morgan fingerprint density at radius 3 is 2.48 bits per heavy atom. The molecule has 0 bridgehead atoms. The number of nitrogens with zero attached hydrogens (tertiary/aromatic N) is 5. The van der Waals surface area contributed by atoms with Gasteiger partial charge in [-0.3, -0.25) is 9.69 Å². The topological polar surface area (TPSA) is 44.6 Å². The van der Waals surface area contributed by atoms with E-state index in [-0.39, 0.29) is 5.41 Å². The van der Waals surface area contributed by atoms with E-state index >= 15 is 0 Å². The summed E-state index contributed by atoms with van der Waals surface area (Å²) in [5.74, 6) is 1.47. The molecule has 0 aliphatic carbocycles. The number of carbonyl (C=O) groups is 1. The van der Waals surface area contributed by atoms with Crippen molar-refractivity contribution in [3.8, 4) is 0 Å². The molecule has 2 aliphatic rings.